The van der Waals surface area contributed by atoms with Crippen LogP contribution in [-0.4, -0.2) is 24.9 Å². The van der Waals surface area contributed by atoms with Crippen LogP contribution >= 0.6 is 0 Å². The molecule has 0 atom stereocenters. The van der Waals surface area contributed by atoms with Crippen molar-refractivity contribution in [1.82, 2.24) is 5.32 Å². The fourth-order valence-electron chi connectivity index (χ4n) is 1.23. The zero-order valence-corrected chi connectivity index (χ0v) is 9.88. The number of benzene rings is 1. The minimum Gasteiger partial charge on any atom is -0.338 e. The van der Waals surface area contributed by atoms with Gasteiger partial charge >= 0.3 is 6.03 Å². The normalized spacial score (nSPS) is 9.17. The van der Waals surface area contributed by atoms with Crippen LogP contribution in [0.2, 0.25) is 0 Å². The first-order valence-electron chi connectivity index (χ1n) is 5.30. The maximum absolute atomic E-state index is 11.4. The number of urea groups is 1. The Balaban J connectivity index is 2.44. The summed E-state index contributed by atoms with van der Waals surface area (Å²) in [6, 6.07) is 6.17. The average molecular weight is 247 g/mol. The molecule has 0 unspecified atom stereocenters. The van der Waals surface area contributed by atoms with Gasteiger partial charge in [0.1, 0.15) is 0 Å². The van der Waals surface area contributed by atoms with Gasteiger partial charge in [0.25, 0.3) is 0 Å². The molecular formula is C11H13N5O2. The van der Waals surface area contributed by atoms with Gasteiger partial charge in [0, 0.05) is 29.3 Å². The van der Waals surface area contributed by atoms with Gasteiger partial charge in [-0.15, -0.1) is 0 Å². The lowest BCUT2D eigenvalue weighted by atomic mass is 10.1. The van der Waals surface area contributed by atoms with Gasteiger partial charge in [-0.3, -0.25) is 4.79 Å². The Morgan fingerprint density at radius 3 is 2.56 bits per heavy atom. The molecule has 1 aromatic carbocycles. The van der Waals surface area contributed by atoms with E-state index < -0.39 is 6.03 Å². The van der Waals surface area contributed by atoms with Gasteiger partial charge in [-0.05, 0) is 36.7 Å². The molecule has 7 heteroatoms. The maximum atomic E-state index is 11.4. The number of Topliss-reactive ketones (excluding diaryl/α,β-unsaturated/α-hetero) is 1. The van der Waals surface area contributed by atoms with Crippen LogP contribution in [0.15, 0.2) is 29.4 Å². The number of nitrogens with zero attached hydrogens (tertiary/aromatic N) is 3. The molecule has 2 N–H and O–H groups in total. The molecule has 94 valence electrons. The van der Waals surface area contributed by atoms with Crippen LogP contribution in [0.4, 0.5) is 10.5 Å². The number of ketones is 1. The largest absolute Gasteiger partial charge is 0.338 e. The first-order valence-corrected chi connectivity index (χ1v) is 5.30. The summed E-state index contributed by atoms with van der Waals surface area (Å²) in [4.78, 5) is 25.0. The summed E-state index contributed by atoms with van der Waals surface area (Å²) < 4.78 is 0. The molecule has 0 spiro atoms. The number of amides is 2. The van der Waals surface area contributed by atoms with Crippen LogP contribution in [0.1, 0.15) is 17.3 Å². The number of carbonyl (C=O) groups excluding carboxylic acids is 2. The molecule has 0 saturated carbocycles. The second-order valence-electron chi connectivity index (χ2n) is 3.47. The summed E-state index contributed by atoms with van der Waals surface area (Å²) in [5.74, 6) is -0.0274. The van der Waals surface area contributed by atoms with Crippen molar-refractivity contribution in [2.45, 2.75) is 6.92 Å². The van der Waals surface area contributed by atoms with E-state index in [2.05, 4.69) is 20.7 Å². The van der Waals surface area contributed by atoms with E-state index in [1.807, 2.05) is 0 Å². The molecule has 0 aliphatic heterocycles. The van der Waals surface area contributed by atoms with E-state index in [9.17, 15) is 9.59 Å². The number of nitrogens with one attached hydrogen (secondary N) is 2. The first kappa shape index (κ1) is 13.5. The Morgan fingerprint density at radius 1 is 1.33 bits per heavy atom. The highest BCUT2D eigenvalue weighted by molar-refractivity contribution is 5.95. The van der Waals surface area contributed by atoms with Crippen molar-refractivity contribution in [2.24, 2.45) is 5.11 Å². The van der Waals surface area contributed by atoms with Crippen LogP contribution in [0.3, 0.4) is 0 Å². The summed E-state index contributed by atoms with van der Waals surface area (Å²) in [6.07, 6.45) is 0. The van der Waals surface area contributed by atoms with Gasteiger partial charge in [0.05, 0.1) is 0 Å². The van der Waals surface area contributed by atoms with Gasteiger partial charge in [-0.25, -0.2) is 4.79 Å². The van der Waals surface area contributed by atoms with Gasteiger partial charge in [0.2, 0.25) is 0 Å². The zero-order valence-electron chi connectivity index (χ0n) is 9.88. The lowest BCUT2D eigenvalue weighted by Gasteiger charge is -2.06. The fraction of sp³-hybridized carbons (Fsp3) is 0.273. The number of anilines is 1. The number of carbonyl (C=O) groups is 2. The number of rotatable bonds is 5. The Bertz CT molecular complexity index is 477. The SMILES string of the molecule is CC(=O)c1ccc(NC(=O)NCCN=[N+]=[N-])cc1. The van der Waals surface area contributed by atoms with Crippen LogP contribution in [0.25, 0.3) is 10.4 Å². The van der Waals surface area contributed by atoms with E-state index in [0.717, 1.165) is 0 Å². The van der Waals surface area contributed by atoms with E-state index in [1.54, 1.807) is 24.3 Å². The predicted molar refractivity (Wildman–Crippen MR) is 67.5 cm³/mol. The molecule has 0 saturated heterocycles. The monoisotopic (exact) mass is 247 g/mol. The standard InChI is InChI=1S/C11H13N5O2/c1-8(17)9-2-4-10(5-3-9)15-11(18)13-6-7-14-16-12/h2-5H,6-7H2,1H3,(H2,13,15,18). The minimum atomic E-state index is -0.390. The molecule has 7 nitrogen and oxygen atoms in total. The molecule has 1 rings (SSSR count). The minimum absolute atomic E-state index is 0.0274. The van der Waals surface area contributed by atoms with Crippen LogP contribution < -0.4 is 10.6 Å². The van der Waals surface area contributed by atoms with Crippen LogP contribution in [0.5, 0.6) is 0 Å². The lowest BCUT2D eigenvalue weighted by molar-refractivity contribution is 0.101. The molecule has 0 fully saturated rings. The second-order valence-corrected chi connectivity index (χ2v) is 3.47. The average Bonchev–Trinajstić information content (AvgIpc) is 2.35. The van der Waals surface area contributed by atoms with Crippen LogP contribution in [0, 0.1) is 0 Å². The molecule has 0 bridgehead atoms. The van der Waals surface area contributed by atoms with E-state index in [1.165, 1.54) is 6.92 Å². The van der Waals surface area contributed by atoms with Gasteiger partial charge < -0.3 is 10.6 Å². The molecule has 0 aliphatic rings. The molecular weight excluding hydrogens is 234 g/mol. The Labute approximate surface area is 104 Å². The van der Waals surface area contributed by atoms with E-state index in [4.69, 9.17) is 5.53 Å². The summed E-state index contributed by atoms with van der Waals surface area (Å²) in [6.45, 7) is 1.94. The van der Waals surface area contributed by atoms with Crippen molar-refractivity contribution in [2.75, 3.05) is 18.4 Å². The summed E-state index contributed by atoms with van der Waals surface area (Å²) in [5, 5.41) is 8.39. The third-order valence-electron chi connectivity index (χ3n) is 2.11. The smallest absolute Gasteiger partial charge is 0.319 e. The molecule has 0 aromatic heterocycles. The molecule has 2 amide bonds. The van der Waals surface area contributed by atoms with Gasteiger partial charge in [0.15, 0.2) is 5.78 Å². The number of azide groups is 1. The molecule has 0 heterocycles. The van der Waals surface area contributed by atoms with Gasteiger partial charge in [-0.1, -0.05) is 5.11 Å². The second kappa shape index (κ2) is 6.93. The first-order chi connectivity index (χ1) is 8.63. The van der Waals surface area contributed by atoms with Gasteiger partial charge in [-0.2, -0.15) is 0 Å². The summed E-state index contributed by atoms with van der Waals surface area (Å²) in [5.41, 5.74) is 9.21. The predicted octanol–water partition coefficient (Wildman–Crippen LogP) is 2.32. The van der Waals surface area contributed by atoms with E-state index in [-0.39, 0.29) is 18.9 Å². The van der Waals surface area contributed by atoms with Crippen molar-refractivity contribution < 1.29 is 9.59 Å². The number of hydrogen-bond acceptors (Lipinski definition) is 3. The quantitative estimate of drug-likeness (QED) is 0.274. The summed E-state index contributed by atoms with van der Waals surface area (Å²) >= 11 is 0. The topological polar surface area (TPSA) is 107 Å². The van der Waals surface area contributed by atoms with Crippen molar-refractivity contribution in [3.63, 3.8) is 0 Å². The molecule has 18 heavy (non-hydrogen) atoms. The lowest BCUT2D eigenvalue weighted by Crippen LogP contribution is -2.30. The van der Waals surface area contributed by atoms with E-state index in [0.29, 0.717) is 11.3 Å². The van der Waals surface area contributed by atoms with Crippen LogP contribution in [-0.2, 0) is 0 Å². The van der Waals surface area contributed by atoms with Crippen molar-refractivity contribution >= 4 is 17.5 Å². The highest BCUT2D eigenvalue weighted by Gasteiger charge is 2.02. The third kappa shape index (κ3) is 4.54. The Hall–Kier alpha value is -2.53. The Morgan fingerprint density at radius 2 is 2.00 bits per heavy atom. The van der Waals surface area contributed by atoms with Crippen molar-refractivity contribution in [3.8, 4) is 0 Å². The number of hydrogen-bond donors (Lipinski definition) is 2. The fourth-order valence-corrected chi connectivity index (χ4v) is 1.23. The highest BCUT2D eigenvalue weighted by atomic mass is 16.2. The molecule has 1 aromatic rings. The maximum Gasteiger partial charge on any atom is 0.319 e. The highest BCUT2D eigenvalue weighted by Crippen LogP contribution is 2.09. The molecule has 0 aliphatic carbocycles. The zero-order chi connectivity index (χ0) is 13.4. The third-order valence-corrected chi connectivity index (χ3v) is 2.11. The summed E-state index contributed by atoms with van der Waals surface area (Å²) in [7, 11) is 0. The van der Waals surface area contributed by atoms with Crippen molar-refractivity contribution in [3.05, 3.63) is 40.3 Å². The Kier molecular flexibility index (Phi) is 5.21. The van der Waals surface area contributed by atoms with Crippen molar-refractivity contribution in [1.29, 1.82) is 0 Å². The molecule has 0 radical (unpaired) electrons. The van der Waals surface area contributed by atoms with E-state index >= 15 is 0 Å².